The number of methoxy groups -OCH3 is 2. The van der Waals surface area contributed by atoms with Crippen LogP contribution in [0.2, 0.25) is 0 Å². The van der Waals surface area contributed by atoms with Crippen LogP contribution in [0, 0.1) is 0 Å². The minimum Gasteiger partial charge on any atom is -0.493 e. The van der Waals surface area contributed by atoms with Crippen molar-refractivity contribution in [2.45, 2.75) is 149 Å². The van der Waals surface area contributed by atoms with Crippen LogP contribution in [0.5, 0.6) is 34.5 Å². The summed E-state index contributed by atoms with van der Waals surface area (Å²) in [5.74, 6) is -1.77. The van der Waals surface area contributed by atoms with Crippen LogP contribution in [0.3, 0.4) is 0 Å². The third-order valence-corrected chi connectivity index (χ3v) is 13.6. The molecule has 0 aliphatic carbocycles. The second-order valence-electron chi connectivity index (χ2n) is 20.1. The molecule has 0 fully saturated rings. The summed E-state index contributed by atoms with van der Waals surface area (Å²) < 4.78 is 44.5. The van der Waals surface area contributed by atoms with E-state index >= 15 is 0 Å². The second-order valence-corrected chi connectivity index (χ2v) is 20.1. The molecule has 0 aliphatic heterocycles. The van der Waals surface area contributed by atoms with Gasteiger partial charge in [-0.2, -0.15) is 0 Å². The zero-order chi connectivity index (χ0) is 57.9. The monoisotopic (exact) mass is 1100 g/mol. The predicted octanol–water partition coefficient (Wildman–Crippen LogP) is 15.7. The number of rotatable bonds is 32. The van der Waals surface area contributed by atoms with E-state index in [0.717, 1.165) is 60.8 Å². The number of esters is 6. The fourth-order valence-electron chi connectivity index (χ4n) is 8.87. The fraction of sp³-hybridized carbons (Fsp3) is 0.373. The standard InChI is InChI=1S/C67H76O14/c1-7-9-11-13-16-20-46(3)76-64(70)52-28-24-48(25-29-52)50-32-38-56(39-33-50)78-66(72)54-36-42-58(60(44-54)74-5)80-62(68)22-18-15-19-23-63(69)81-59-43-37-55(45-61(59)75-6)67(73)79-57-40-34-51(35-41-57)49-26-30-53(31-27-49)65(71)77-47(4)21-17-14-12-10-8-2/h24-47H,7-23H2,1-6H3. The number of hydrogen-bond acceptors (Lipinski definition) is 14. The molecular weight excluding hydrogens is 1030 g/mol. The van der Waals surface area contributed by atoms with E-state index in [-0.39, 0.29) is 71.1 Å². The Morgan fingerprint density at radius 3 is 1.01 bits per heavy atom. The summed E-state index contributed by atoms with van der Waals surface area (Å²) in [6.07, 6.45) is 14.5. The summed E-state index contributed by atoms with van der Waals surface area (Å²) >= 11 is 0. The third-order valence-electron chi connectivity index (χ3n) is 13.6. The number of benzene rings is 6. The van der Waals surface area contributed by atoms with Crippen molar-refractivity contribution in [1.82, 2.24) is 0 Å². The number of unbranched alkanes of at least 4 members (excludes halogenated alkanes) is 10. The van der Waals surface area contributed by atoms with Crippen molar-refractivity contribution in [3.05, 3.63) is 156 Å². The van der Waals surface area contributed by atoms with Gasteiger partial charge in [-0.05, 0) is 160 Å². The van der Waals surface area contributed by atoms with E-state index in [2.05, 4.69) is 13.8 Å². The first-order valence-electron chi connectivity index (χ1n) is 28.3. The number of ether oxygens (including phenoxy) is 8. The number of carbonyl (C=O) groups is 6. The van der Waals surface area contributed by atoms with Gasteiger partial charge in [-0.25, -0.2) is 19.2 Å². The Morgan fingerprint density at radius 2 is 0.667 bits per heavy atom. The van der Waals surface area contributed by atoms with Crippen molar-refractivity contribution < 1.29 is 66.7 Å². The molecule has 0 spiro atoms. The van der Waals surface area contributed by atoms with Crippen molar-refractivity contribution in [3.8, 4) is 56.8 Å². The summed E-state index contributed by atoms with van der Waals surface area (Å²) in [5, 5.41) is 0. The lowest BCUT2D eigenvalue weighted by Crippen LogP contribution is -2.15. The van der Waals surface area contributed by atoms with Crippen LogP contribution >= 0.6 is 0 Å². The van der Waals surface area contributed by atoms with Crippen molar-refractivity contribution >= 4 is 35.8 Å². The van der Waals surface area contributed by atoms with Crippen LogP contribution in [0.4, 0.5) is 0 Å². The highest BCUT2D eigenvalue weighted by Crippen LogP contribution is 2.32. The molecule has 0 radical (unpaired) electrons. The summed E-state index contributed by atoms with van der Waals surface area (Å²) in [4.78, 5) is 77.3. The number of hydrogen-bond donors (Lipinski definition) is 0. The molecule has 0 saturated heterocycles. The Kier molecular flexibility index (Phi) is 25.0. The van der Waals surface area contributed by atoms with Crippen LogP contribution in [-0.4, -0.2) is 62.2 Å². The molecule has 0 aliphatic rings. The molecule has 2 atom stereocenters. The van der Waals surface area contributed by atoms with E-state index in [0.29, 0.717) is 41.9 Å². The first-order valence-corrected chi connectivity index (χ1v) is 28.3. The van der Waals surface area contributed by atoms with E-state index in [1.807, 2.05) is 62.4 Å². The van der Waals surface area contributed by atoms with Crippen molar-refractivity contribution in [3.63, 3.8) is 0 Å². The van der Waals surface area contributed by atoms with Gasteiger partial charge in [-0.3, -0.25) is 9.59 Å². The molecule has 14 heteroatoms. The Hall–Kier alpha value is -8.26. The molecule has 14 nitrogen and oxygen atoms in total. The molecule has 2 unspecified atom stereocenters. The zero-order valence-corrected chi connectivity index (χ0v) is 47.6. The Labute approximate surface area is 476 Å². The topological polar surface area (TPSA) is 176 Å². The van der Waals surface area contributed by atoms with Crippen molar-refractivity contribution in [2.24, 2.45) is 0 Å². The lowest BCUT2D eigenvalue weighted by atomic mass is 10.0. The van der Waals surface area contributed by atoms with Gasteiger partial charge in [0.1, 0.15) is 11.5 Å². The predicted molar refractivity (Wildman–Crippen MR) is 311 cm³/mol. The first kappa shape index (κ1) is 61.9. The maximum absolute atomic E-state index is 13.1. The molecule has 6 aromatic rings. The maximum Gasteiger partial charge on any atom is 0.343 e. The van der Waals surface area contributed by atoms with Crippen LogP contribution in [0.15, 0.2) is 133 Å². The third kappa shape index (κ3) is 20.1. The summed E-state index contributed by atoms with van der Waals surface area (Å²) in [6.45, 7) is 8.23. The van der Waals surface area contributed by atoms with Crippen LogP contribution in [-0.2, 0) is 19.1 Å². The van der Waals surface area contributed by atoms with Gasteiger partial charge in [0, 0.05) is 12.8 Å². The van der Waals surface area contributed by atoms with Crippen molar-refractivity contribution in [2.75, 3.05) is 14.2 Å². The highest BCUT2D eigenvalue weighted by atomic mass is 16.6. The summed E-state index contributed by atoms with van der Waals surface area (Å²) in [6, 6.07) is 37.1. The van der Waals surface area contributed by atoms with Gasteiger partial charge in [-0.1, -0.05) is 120 Å². The van der Waals surface area contributed by atoms with Gasteiger partial charge in [0.2, 0.25) is 0 Å². The van der Waals surface area contributed by atoms with Gasteiger partial charge < -0.3 is 37.9 Å². The molecule has 6 aromatic carbocycles. The average Bonchev–Trinajstić information content (AvgIpc) is 3.47. The second kappa shape index (κ2) is 32.7. The lowest BCUT2D eigenvalue weighted by Gasteiger charge is -2.13. The highest BCUT2D eigenvalue weighted by molar-refractivity contribution is 5.94. The van der Waals surface area contributed by atoms with E-state index in [9.17, 15) is 28.8 Å². The summed E-state index contributed by atoms with van der Waals surface area (Å²) in [5.41, 5.74) is 4.81. The van der Waals surface area contributed by atoms with E-state index < -0.39 is 23.9 Å². The zero-order valence-electron chi connectivity index (χ0n) is 47.6. The molecule has 0 amide bonds. The first-order chi connectivity index (χ1) is 39.3. The molecule has 0 aromatic heterocycles. The smallest absolute Gasteiger partial charge is 0.343 e. The molecule has 0 heterocycles. The highest BCUT2D eigenvalue weighted by Gasteiger charge is 2.20. The minimum absolute atomic E-state index is 0.0644. The van der Waals surface area contributed by atoms with Crippen molar-refractivity contribution in [1.29, 1.82) is 0 Å². The molecular formula is C67H76O14. The van der Waals surface area contributed by atoms with Crippen LogP contribution < -0.4 is 28.4 Å². The SMILES string of the molecule is CCCCCCCC(C)OC(=O)c1ccc(-c2ccc(OC(=O)c3ccc(OC(=O)CCCCCC(=O)Oc4ccc(C(=O)Oc5ccc(-c6ccc(C(=O)OC(C)CCCCCCC)cc6)cc5)cc4OC)c(OC)c3)cc2)cc1. The molecule has 0 saturated carbocycles. The van der Waals surface area contributed by atoms with Crippen LogP contribution in [0.1, 0.15) is 178 Å². The fourth-order valence-corrected chi connectivity index (χ4v) is 8.87. The lowest BCUT2D eigenvalue weighted by molar-refractivity contribution is -0.135. The summed E-state index contributed by atoms with van der Waals surface area (Å²) in [7, 11) is 2.79. The Morgan fingerprint density at radius 1 is 0.346 bits per heavy atom. The quantitative estimate of drug-likeness (QED) is 0.0221. The van der Waals surface area contributed by atoms with Gasteiger partial charge in [0.25, 0.3) is 0 Å². The molecule has 0 N–H and O–H groups in total. The largest absolute Gasteiger partial charge is 0.493 e. The Bertz CT molecular complexity index is 2780. The average molecular weight is 1110 g/mol. The van der Waals surface area contributed by atoms with E-state index in [4.69, 9.17) is 37.9 Å². The molecule has 6 rings (SSSR count). The maximum atomic E-state index is 13.1. The van der Waals surface area contributed by atoms with E-state index in [1.54, 1.807) is 48.5 Å². The van der Waals surface area contributed by atoms with E-state index in [1.165, 1.54) is 89.1 Å². The Balaban J connectivity index is 0.879. The van der Waals surface area contributed by atoms with Gasteiger partial charge in [0.05, 0.1) is 48.7 Å². The molecule has 81 heavy (non-hydrogen) atoms. The molecule has 428 valence electrons. The normalized spacial score (nSPS) is 11.6. The van der Waals surface area contributed by atoms with Crippen LogP contribution in [0.25, 0.3) is 22.3 Å². The van der Waals surface area contributed by atoms with Gasteiger partial charge in [0.15, 0.2) is 23.0 Å². The molecule has 0 bridgehead atoms. The number of carbonyl (C=O) groups excluding carboxylic acids is 6. The minimum atomic E-state index is -0.639. The van der Waals surface area contributed by atoms with Gasteiger partial charge in [-0.15, -0.1) is 0 Å². The van der Waals surface area contributed by atoms with Gasteiger partial charge >= 0.3 is 35.8 Å².